The highest BCUT2D eigenvalue weighted by atomic mass is 32.1. The Morgan fingerprint density at radius 3 is 1.77 bits per heavy atom. The SMILES string of the molecule is CC(NCC(=O)CN[C@@H](C)C=O)C(=O)CNC(C)C(=O)CNC(C)C(=O)CNC1(C)C(=O)CN1C(=O)[C@@H](N)CS. The first-order valence-electron chi connectivity index (χ1n) is 13.1. The highest BCUT2D eigenvalue weighted by molar-refractivity contribution is 7.80. The van der Waals surface area contributed by atoms with Crippen molar-refractivity contribution in [3.8, 4) is 0 Å². The van der Waals surface area contributed by atoms with Crippen molar-refractivity contribution < 1.29 is 33.6 Å². The first kappa shape index (κ1) is 35.6. The van der Waals surface area contributed by atoms with E-state index in [9.17, 15) is 33.6 Å². The summed E-state index contributed by atoms with van der Waals surface area (Å²) in [6.07, 6.45) is 0.687. The molecule has 1 amide bonds. The molecule has 0 aliphatic carbocycles. The third-order valence-electron chi connectivity index (χ3n) is 6.82. The monoisotopic (exact) mass is 585 g/mol. The van der Waals surface area contributed by atoms with Crippen LogP contribution in [0.3, 0.4) is 0 Å². The van der Waals surface area contributed by atoms with Gasteiger partial charge in [-0.3, -0.25) is 34.1 Å². The Morgan fingerprint density at radius 1 is 0.875 bits per heavy atom. The van der Waals surface area contributed by atoms with E-state index in [1.807, 2.05) is 0 Å². The van der Waals surface area contributed by atoms with Crippen LogP contribution in [0.4, 0.5) is 0 Å². The van der Waals surface area contributed by atoms with Crippen molar-refractivity contribution in [2.24, 2.45) is 5.73 Å². The Labute approximate surface area is 240 Å². The highest BCUT2D eigenvalue weighted by Gasteiger charge is 2.52. The lowest BCUT2D eigenvalue weighted by Gasteiger charge is -2.49. The van der Waals surface area contributed by atoms with Gasteiger partial charge in [-0.2, -0.15) is 12.6 Å². The second-order valence-electron chi connectivity index (χ2n) is 10.1. The van der Waals surface area contributed by atoms with Crippen LogP contribution in [0.5, 0.6) is 0 Å². The molecule has 0 aromatic carbocycles. The Balaban J connectivity index is 2.39. The number of nitrogens with one attached hydrogen (secondary N) is 5. The van der Waals surface area contributed by atoms with Gasteiger partial charge in [-0.1, -0.05) is 0 Å². The summed E-state index contributed by atoms with van der Waals surface area (Å²) < 4.78 is 0. The van der Waals surface area contributed by atoms with Gasteiger partial charge in [0.15, 0.2) is 34.6 Å². The van der Waals surface area contributed by atoms with E-state index in [0.717, 1.165) is 0 Å². The number of carbonyl (C=O) groups is 7. The lowest BCUT2D eigenvalue weighted by Crippen LogP contribution is -2.77. The summed E-state index contributed by atoms with van der Waals surface area (Å²) in [7, 11) is 0. The summed E-state index contributed by atoms with van der Waals surface area (Å²) in [4.78, 5) is 85.6. The smallest absolute Gasteiger partial charge is 0.242 e. The van der Waals surface area contributed by atoms with Crippen molar-refractivity contribution >= 4 is 53.7 Å². The van der Waals surface area contributed by atoms with E-state index in [1.165, 1.54) is 11.8 Å². The summed E-state index contributed by atoms with van der Waals surface area (Å²) in [5.41, 5.74) is 4.39. The van der Waals surface area contributed by atoms with Crippen LogP contribution in [0.15, 0.2) is 0 Å². The molecule has 14 nitrogen and oxygen atoms in total. The molecule has 1 rings (SSSR count). The van der Waals surface area contributed by atoms with Crippen molar-refractivity contribution in [1.29, 1.82) is 0 Å². The Morgan fingerprint density at radius 2 is 1.32 bits per heavy atom. The fraction of sp³-hybridized carbons (Fsp3) is 0.720. The van der Waals surface area contributed by atoms with Crippen LogP contribution in [-0.2, 0) is 33.6 Å². The molecule has 1 fully saturated rings. The predicted octanol–water partition coefficient (Wildman–Crippen LogP) is -3.65. The summed E-state index contributed by atoms with van der Waals surface area (Å²) in [6.45, 7) is 7.31. The maximum atomic E-state index is 12.6. The minimum absolute atomic E-state index is 0.00225. The molecule has 1 saturated heterocycles. The molecule has 0 aromatic rings. The number of Topliss-reactive ketones (excluding diaryl/α,β-unsaturated/α-hetero) is 5. The van der Waals surface area contributed by atoms with E-state index < -0.39 is 41.8 Å². The molecular formula is C25H43N7O7S. The Hall–Kier alpha value is -2.40. The van der Waals surface area contributed by atoms with E-state index in [0.29, 0.717) is 6.29 Å². The number of amides is 1. The Bertz CT molecular complexity index is 966. The van der Waals surface area contributed by atoms with E-state index >= 15 is 0 Å². The van der Waals surface area contributed by atoms with Crippen LogP contribution in [0.2, 0.25) is 0 Å². The normalized spacial score (nSPS) is 20.6. The molecule has 0 saturated carbocycles. The van der Waals surface area contributed by atoms with Crippen LogP contribution < -0.4 is 32.3 Å². The van der Waals surface area contributed by atoms with Crippen LogP contribution in [0.1, 0.15) is 34.6 Å². The topological polar surface area (TPSA) is 209 Å². The first-order chi connectivity index (χ1) is 18.7. The van der Waals surface area contributed by atoms with Crippen LogP contribution in [0, 0.1) is 0 Å². The minimum Gasteiger partial charge on any atom is -0.319 e. The molecule has 0 radical (unpaired) electrons. The molecule has 1 aliphatic rings. The van der Waals surface area contributed by atoms with Crippen molar-refractivity contribution in [2.75, 3.05) is 45.0 Å². The van der Waals surface area contributed by atoms with Gasteiger partial charge >= 0.3 is 0 Å². The minimum atomic E-state index is -1.33. The maximum Gasteiger partial charge on any atom is 0.242 e. The van der Waals surface area contributed by atoms with E-state index in [-0.39, 0.29) is 73.9 Å². The van der Waals surface area contributed by atoms with Gasteiger partial charge in [0.1, 0.15) is 6.29 Å². The molecule has 0 bridgehead atoms. The van der Waals surface area contributed by atoms with Gasteiger partial charge in [0.05, 0.1) is 69.5 Å². The number of ketones is 5. The van der Waals surface area contributed by atoms with Gasteiger partial charge in [-0.15, -0.1) is 0 Å². The molecule has 1 aliphatic heterocycles. The number of nitrogens with zero attached hydrogens (tertiary/aromatic N) is 1. The molecular weight excluding hydrogens is 542 g/mol. The molecule has 15 heteroatoms. The lowest BCUT2D eigenvalue weighted by molar-refractivity contribution is -0.164. The predicted molar refractivity (Wildman–Crippen MR) is 151 cm³/mol. The zero-order chi connectivity index (χ0) is 30.6. The zero-order valence-corrected chi connectivity index (χ0v) is 24.6. The fourth-order valence-corrected chi connectivity index (χ4v) is 3.66. The number of aldehydes is 1. The molecule has 1 heterocycles. The average molecular weight is 586 g/mol. The molecule has 4 unspecified atom stereocenters. The third-order valence-corrected chi connectivity index (χ3v) is 7.21. The summed E-state index contributed by atoms with van der Waals surface area (Å²) in [5.74, 6) is -1.61. The van der Waals surface area contributed by atoms with Gasteiger partial charge in [-0.25, -0.2) is 0 Å². The molecule has 0 spiro atoms. The second-order valence-corrected chi connectivity index (χ2v) is 10.5. The van der Waals surface area contributed by atoms with E-state index in [4.69, 9.17) is 5.73 Å². The molecule has 226 valence electrons. The molecule has 40 heavy (non-hydrogen) atoms. The first-order valence-corrected chi connectivity index (χ1v) is 13.8. The van der Waals surface area contributed by atoms with Crippen molar-refractivity contribution in [1.82, 2.24) is 31.5 Å². The van der Waals surface area contributed by atoms with E-state index in [2.05, 4.69) is 39.2 Å². The van der Waals surface area contributed by atoms with Gasteiger partial charge in [-0.05, 0) is 34.6 Å². The van der Waals surface area contributed by atoms with E-state index in [1.54, 1.807) is 27.7 Å². The van der Waals surface area contributed by atoms with Crippen molar-refractivity contribution in [2.45, 2.75) is 70.5 Å². The third kappa shape index (κ3) is 10.5. The van der Waals surface area contributed by atoms with Gasteiger partial charge in [0.2, 0.25) is 5.91 Å². The van der Waals surface area contributed by atoms with Gasteiger partial charge in [0, 0.05) is 5.75 Å². The molecule has 6 atom stereocenters. The van der Waals surface area contributed by atoms with Crippen LogP contribution >= 0.6 is 12.6 Å². The number of thiol groups is 1. The number of carbonyl (C=O) groups excluding carboxylic acids is 7. The lowest BCUT2D eigenvalue weighted by atomic mass is 9.93. The quantitative estimate of drug-likeness (QED) is 0.0513. The summed E-state index contributed by atoms with van der Waals surface area (Å²) in [5, 5.41) is 14.1. The standard InChI is InChI=1S/C25H43N7O7S/c1-14(12-33)27-6-18(34)7-28-15(2)20(35)8-29-16(3)21(36)9-30-17(4)22(37)10-31-25(5)23(38)11-32(25)24(39)19(26)13-40/h12,14-17,19,27-31,40H,6-11,13,26H2,1-5H3/t14-,15?,16?,17?,19-,25?/m0/s1. The second kappa shape index (κ2) is 16.8. The Kier molecular flexibility index (Phi) is 14.9. The number of nitrogens with two attached hydrogens (primary N) is 1. The fourth-order valence-electron chi connectivity index (χ4n) is 3.51. The average Bonchev–Trinajstić information content (AvgIpc) is 2.95. The number of likely N-dealkylation sites (tertiary alicyclic amines) is 1. The zero-order valence-electron chi connectivity index (χ0n) is 23.7. The van der Waals surface area contributed by atoms with Crippen molar-refractivity contribution in [3.05, 3.63) is 0 Å². The highest BCUT2D eigenvalue weighted by Crippen LogP contribution is 2.24. The van der Waals surface area contributed by atoms with Gasteiger partial charge in [0.25, 0.3) is 0 Å². The van der Waals surface area contributed by atoms with Gasteiger partial charge < -0.3 is 36.7 Å². The number of hydrogen-bond donors (Lipinski definition) is 7. The summed E-state index contributed by atoms with van der Waals surface area (Å²) >= 11 is 4.01. The van der Waals surface area contributed by atoms with Crippen molar-refractivity contribution in [3.63, 3.8) is 0 Å². The summed E-state index contributed by atoms with van der Waals surface area (Å²) in [6, 6.07) is -3.33. The molecule has 7 N–H and O–H groups in total. The van der Waals surface area contributed by atoms with Crippen LogP contribution in [-0.4, -0.2) is 127 Å². The number of hydrogen-bond acceptors (Lipinski definition) is 14. The largest absolute Gasteiger partial charge is 0.319 e. The molecule has 0 aromatic heterocycles. The maximum absolute atomic E-state index is 12.6. The number of rotatable bonds is 21. The van der Waals surface area contributed by atoms with Crippen LogP contribution in [0.25, 0.3) is 0 Å².